The van der Waals surface area contributed by atoms with Gasteiger partial charge in [0.2, 0.25) is 0 Å². The Morgan fingerprint density at radius 1 is 0.905 bits per heavy atom. The lowest BCUT2D eigenvalue weighted by Crippen LogP contribution is -2.25. The van der Waals surface area contributed by atoms with Gasteiger partial charge < -0.3 is 5.32 Å². The summed E-state index contributed by atoms with van der Waals surface area (Å²) >= 11 is 0. The first kappa shape index (κ1) is 18.2. The van der Waals surface area contributed by atoms with Gasteiger partial charge in [-0.1, -0.05) is 52.0 Å². The van der Waals surface area contributed by atoms with Crippen molar-refractivity contribution in [3.05, 3.63) is 35.4 Å². The largest absolute Gasteiger partial charge is 0.310 e. The maximum Gasteiger partial charge on any atom is 0.0233 e. The molecule has 1 rings (SSSR count). The van der Waals surface area contributed by atoms with E-state index < -0.39 is 0 Å². The quantitative estimate of drug-likeness (QED) is 0.685. The van der Waals surface area contributed by atoms with Crippen molar-refractivity contribution >= 4 is 0 Å². The molecule has 0 saturated heterocycles. The van der Waals surface area contributed by atoms with Crippen molar-refractivity contribution in [1.82, 2.24) is 10.2 Å². The predicted octanol–water partition coefficient (Wildman–Crippen LogP) is 4.44. The zero-order valence-corrected chi connectivity index (χ0v) is 14.7. The van der Waals surface area contributed by atoms with Crippen LogP contribution in [0.3, 0.4) is 0 Å². The first-order valence-corrected chi connectivity index (χ1v) is 8.58. The second-order valence-electron chi connectivity index (χ2n) is 6.53. The number of hydrogen-bond acceptors (Lipinski definition) is 2. The minimum Gasteiger partial charge on any atom is -0.310 e. The fourth-order valence-corrected chi connectivity index (χ4v) is 2.45. The maximum absolute atomic E-state index is 3.63. The lowest BCUT2D eigenvalue weighted by molar-refractivity contribution is 0.296. The molecule has 0 aliphatic rings. The topological polar surface area (TPSA) is 15.3 Å². The molecule has 0 radical (unpaired) electrons. The van der Waals surface area contributed by atoms with Crippen LogP contribution in [0.1, 0.15) is 58.6 Å². The average molecular weight is 290 g/mol. The van der Waals surface area contributed by atoms with Crippen LogP contribution in [0, 0.1) is 5.92 Å². The Morgan fingerprint density at radius 3 is 2.00 bits per heavy atom. The molecule has 0 heterocycles. The molecule has 0 fully saturated rings. The van der Waals surface area contributed by atoms with Gasteiger partial charge in [0.25, 0.3) is 0 Å². The van der Waals surface area contributed by atoms with Gasteiger partial charge in [0, 0.05) is 19.1 Å². The Morgan fingerprint density at radius 2 is 1.48 bits per heavy atom. The zero-order valence-electron chi connectivity index (χ0n) is 14.7. The second kappa shape index (κ2) is 9.97. The minimum atomic E-state index is 0.600. The van der Waals surface area contributed by atoms with Gasteiger partial charge in [-0.25, -0.2) is 0 Å². The molecule has 1 atom stereocenters. The molecule has 2 heteroatoms. The van der Waals surface area contributed by atoms with Crippen LogP contribution >= 0.6 is 0 Å². The van der Waals surface area contributed by atoms with Crippen LogP contribution in [0.4, 0.5) is 0 Å². The van der Waals surface area contributed by atoms with Gasteiger partial charge in [-0.05, 0) is 49.9 Å². The fourth-order valence-electron chi connectivity index (χ4n) is 2.45. The van der Waals surface area contributed by atoms with E-state index in [-0.39, 0.29) is 0 Å². The highest BCUT2D eigenvalue weighted by Gasteiger charge is 2.04. The van der Waals surface area contributed by atoms with Gasteiger partial charge in [0.15, 0.2) is 0 Å². The van der Waals surface area contributed by atoms with Crippen molar-refractivity contribution in [3.63, 3.8) is 0 Å². The summed E-state index contributed by atoms with van der Waals surface area (Å²) in [6, 6.07) is 9.67. The third-order valence-corrected chi connectivity index (χ3v) is 4.16. The second-order valence-corrected chi connectivity index (χ2v) is 6.53. The molecule has 0 bridgehead atoms. The Bertz CT molecular complexity index is 366. The van der Waals surface area contributed by atoms with E-state index >= 15 is 0 Å². The average Bonchev–Trinajstić information content (AvgIpc) is 2.49. The molecule has 1 aromatic carbocycles. The monoisotopic (exact) mass is 290 g/mol. The Hall–Kier alpha value is -0.860. The Labute approximate surface area is 131 Å². The number of nitrogens with one attached hydrogen (secondary N) is 1. The molecular weight excluding hydrogens is 256 g/mol. The van der Waals surface area contributed by atoms with Crippen molar-refractivity contribution in [2.75, 3.05) is 13.1 Å². The van der Waals surface area contributed by atoms with Crippen molar-refractivity contribution in [2.24, 2.45) is 5.92 Å². The molecule has 0 amide bonds. The van der Waals surface area contributed by atoms with Crippen LogP contribution in [0.15, 0.2) is 24.3 Å². The molecule has 0 aromatic heterocycles. The van der Waals surface area contributed by atoms with E-state index in [2.05, 4.69) is 69.1 Å². The summed E-state index contributed by atoms with van der Waals surface area (Å²) in [5.41, 5.74) is 2.80. The van der Waals surface area contributed by atoms with E-state index in [1.807, 2.05) is 0 Å². The summed E-state index contributed by atoms with van der Waals surface area (Å²) in [5, 5.41) is 3.63. The summed E-state index contributed by atoms with van der Waals surface area (Å²) in [6.45, 7) is 15.6. The van der Waals surface area contributed by atoms with Gasteiger partial charge in [-0.2, -0.15) is 0 Å². The lowest BCUT2D eigenvalue weighted by atomic mass is 10.0. The highest BCUT2D eigenvalue weighted by Crippen LogP contribution is 2.10. The van der Waals surface area contributed by atoms with E-state index in [0.717, 1.165) is 32.1 Å². The Balaban J connectivity index is 2.37. The smallest absolute Gasteiger partial charge is 0.0233 e. The normalized spacial score (nSPS) is 13.1. The van der Waals surface area contributed by atoms with Crippen LogP contribution in [-0.4, -0.2) is 24.0 Å². The molecule has 1 aromatic rings. The molecule has 0 saturated carbocycles. The third kappa shape index (κ3) is 7.63. The molecule has 120 valence electrons. The molecule has 0 aliphatic carbocycles. The Kier molecular flexibility index (Phi) is 8.63. The van der Waals surface area contributed by atoms with Crippen LogP contribution < -0.4 is 5.32 Å². The summed E-state index contributed by atoms with van der Waals surface area (Å²) < 4.78 is 0. The van der Waals surface area contributed by atoms with Gasteiger partial charge in [-0.3, -0.25) is 4.90 Å². The van der Waals surface area contributed by atoms with Gasteiger partial charge in [-0.15, -0.1) is 0 Å². The van der Waals surface area contributed by atoms with E-state index in [0.29, 0.717) is 6.04 Å². The van der Waals surface area contributed by atoms with E-state index in [9.17, 15) is 0 Å². The molecular formula is C19H34N2. The van der Waals surface area contributed by atoms with E-state index in [1.54, 1.807) is 0 Å². The first-order valence-electron chi connectivity index (χ1n) is 8.58. The van der Waals surface area contributed by atoms with E-state index in [1.165, 1.54) is 24.0 Å². The number of nitrogens with zero attached hydrogens (tertiary/aromatic N) is 1. The van der Waals surface area contributed by atoms with Gasteiger partial charge in [0.05, 0.1) is 0 Å². The number of benzene rings is 1. The molecule has 1 N–H and O–H groups in total. The highest BCUT2D eigenvalue weighted by atomic mass is 15.1. The lowest BCUT2D eigenvalue weighted by Gasteiger charge is -2.18. The van der Waals surface area contributed by atoms with Crippen molar-refractivity contribution in [1.29, 1.82) is 0 Å². The molecule has 21 heavy (non-hydrogen) atoms. The highest BCUT2D eigenvalue weighted by molar-refractivity contribution is 5.22. The minimum absolute atomic E-state index is 0.600. The summed E-state index contributed by atoms with van der Waals surface area (Å²) in [5.74, 6) is 0.800. The molecule has 1 unspecified atom stereocenters. The van der Waals surface area contributed by atoms with Gasteiger partial charge in [0.1, 0.15) is 0 Å². The standard InChI is InChI=1S/C19H34N2/c1-6-21(7-2)15-19-12-10-18(11-13-19)14-20-17(5)9-8-16(3)4/h10-13,16-17,20H,6-9,14-15H2,1-5H3. The fraction of sp³-hybridized carbons (Fsp3) is 0.684. The molecule has 2 nitrogen and oxygen atoms in total. The molecule has 0 aliphatic heterocycles. The summed E-state index contributed by atoms with van der Waals surface area (Å²) in [7, 11) is 0. The van der Waals surface area contributed by atoms with Crippen molar-refractivity contribution in [3.8, 4) is 0 Å². The van der Waals surface area contributed by atoms with Gasteiger partial charge >= 0.3 is 0 Å². The predicted molar refractivity (Wildman–Crippen MR) is 93.4 cm³/mol. The van der Waals surface area contributed by atoms with Crippen LogP contribution in [-0.2, 0) is 13.1 Å². The first-order chi connectivity index (χ1) is 10.0. The summed E-state index contributed by atoms with van der Waals surface area (Å²) in [4.78, 5) is 2.45. The summed E-state index contributed by atoms with van der Waals surface area (Å²) in [6.07, 6.45) is 2.56. The third-order valence-electron chi connectivity index (χ3n) is 4.16. The zero-order chi connectivity index (χ0) is 15.7. The van der Waals surface area contributed by atoms with Crippen molar-refractivity contribution < 1.29 is 0 Å². The number of rotatable bonds is 10. The van der Waals surface area contributed by atoms with Crippen LogP contribution in [0.5, 0.6) is 0 Å². The SMILES string of the molecule is CCN(CC)Cc1ccc(CNC(C)CCC(C)C)cc1. The van der Waals surface area contributed by atoms with Crippen LogP contribution in [0.2, 0.25) is 0 Å². The molecule has 0 spiro atoms. The van der Waals surface area contributed by atoms with Crippen molar-refractivity contribution in [2.45, 2.75) is 66.6 Å². The van der Waals surface area contributed by atoms with Crippen LogP contribution in [0.25, 0.3) is 0 Å². The number of hydrogen-bond donors (Lipinski definition) is 1. The van der Waals surface area contributed by atoms with E-state index in [4.69, 9.17) is 0 Å². The maximum atomic E-state index is 3.63.